The summed E-state index contributed by atoms with van der Waals surface area (Å²) in [7, 11) is -3.52. The summed E-state index contributed by atoms with van der Waals surface area (Å²) in [5.74, 6) is 0.0127. The number of benzene rings is 2. The van der Waals surface area contributed by atoms with Gasteiger partial charge >= 0.3 is 0 Å². The Balaban J connectivity index is 1.84. The Morgan fingerprint density at radius 1 is 1.25 bits per heavy atom. The first-order valence-electron chi connectivity index (χ1n) is 9.36. The van der Waals surface area contributed by atoms with Gasteiger partial charge in [-0.3, -0.25) is 9.10 Å². The van der Waals surface area contributed by atoms with Crippen LogP contribution in [0.15, 0.2) is 42.5 Å². The van der Waals surface area contributed by atoms with Gasteiger partial charge in [-0.05, 0) is 51.0 Å². The van der Waals surface area contributed by atoms with Crippen molar-refractivity contribution >= 4 is 21.6 Å². The molecule has 150 valence electrons. The molecule has 1 aliphatic rings. The van der Waals surface area contributed by atoms with E-state index in [9.17, 15) is 13.2 Å². The number of carbonyl (C=O) groups excluding carboxylic acids is 1. The van der Waals surface area contributed by atoms with Gasteiger partial charge in [0.2, 0.25) is 10.0 Å². The number of ether oxygens (including phenoxy) is 1. The van der Waals surface area contributed by atoms with E-state index in [0.717, 1.165) is 16.7 Å². The molecule has 0 aromatic heterocycles. The highest BCUT2D eigenvalue weighted by molar-refractivity contribution is 7.92. The van der Waals surface area contributed by atoms with Crippen molar-refractivity contribution in [2.24, 2.45) is 0 Å². The van der Waals surface area contributed by atoms with Gasteiger partial charge in [-0.25, -0.2) is 8.42 Å². The standard InChI is InChI=1S/C21H26N2O4S/c1-5-28(25,26)23-13-20(27-19-9-7-6-8-18(19)23)21(24)22-16(4)17-12-14(2)10-11-15(17)3/h6-12,16,20H,5,13H2,1-4H3,(H,22,24)/t16-,20+/m1/s1. The Kier molecular flexibility index (Phi) is 5.65. The number of fused-ring (bicyclic) bond motifs is 1. The largest absolute Gasteiger partial charge is 0.476 e. The second-order valence-corrected chi connectivity index (χ2v) is 9.28. The van der Waals surface area contributed by atoms with E-state index in [4.69, 9.17) is 4.74 Å². The van der Waals surface area contributed by atoms with Crippen LogP contribution < -0.4 is 14.4 Å². The molecule has 1 heterocycles. The van der Waals surface area contributed by atoms with Crippen molar-refractivity contribution in [1.82, 2.24) is 5.32 Å². The van der Waals surface area contributed by atoms with Gasteiger partial charge in [-0.1, -0.05) is 35.9 Å². The zero-order valence-electron chi connectivity index (χ0n) is 16.6. The highest BCUT2D eigenvalue weighted by Gasteiger charge is 2.36. The average molecular weight is 403 g/mol. The molecule has 7 heteroatoms. The van der Waals surface area contributed by atoms with Gasteiger partial charge in [0.1, 0.15) is 5.75 Å². The highest BCUT2D eigenvalue weighted by atomic mass is 32.2. The van der Waals surface area contributed by atoms with E-state index in [1.165, 1.54) is 4.31 Å². The lowest BCUT2D eigenvalue weighted by molar-refractivity contribution is -0.128. The van der Waals surface area contributed by atoms with E-state index in [2.05, 4.69) is 5.32 Å². The quantitative estimate of drug-likeness (QED) is 0.834. The number of hydrogen-bond donors (Lipinski definition) is 1. The molecule has 0 aliphatic carbocycles. The third-order valence-electron chi connectivity index (χ3n) is 4.99. The fraction of sp³-hybridized carbons (Fsp3) is 0.381. The van der Waals surface area contributed by atoms with E-state index >= 15 is 0 Å². The maximum absolute atomic E-state index is 12.9. The van der Waals surface area contributed by atoms with E-state index in [1.54, 1.807) is 31.2 Å². The molecule has 1 N–H and O–H groups in total. The van der Waals surface area contributed by atoms with Gasteiger partial charge in [0.25, 0.3) is 5.91 Å². The smallest absolute Gasteiger partial charge is 0.263 e. The minimum atomic E-state index is -3.52. The third-order valence-corrected chi connectivity index (χ3v) is 6.73. The Morgan fingerprint density at radius 3 is 2.68 bits per heavy atom. The summed E-state index contributed by atoms with van der Waals surface area (Å²) in [6.07, 6.45) is -0.913. The van der Waals surface area contributed by atoms with Crippen LogP contribution >= 0.6 is 0 Å². The normalized spacial score (nSPS) is 17.4. The molecule has 0 saturated carbocycles. The van der Waals surface area contributed by atoms with Crippen LogP contribution in [0.4, 0.5) is 5.69 Å². The van der Waals surface area contributed by atoms with Gasteiger partial charge in [-0.2, -0.15) is 0 Å². The summed E-state index contributed by atoms with van der Waals surface area (Å²) in [5.41, 5.74) is 3.70. The highest BCUT2D eigenvalue weighted by Crippen LogP contribution is 2.35. The molecule has 1 aliphatic heterocycles. The van der Waals surface area contributed by atoms with Crippen LogP contribution in [0, 0.1) is 13.8 Å². The molecule has 0 spiro atoms. The Labute approximate surface area is 166 Å². The number of aryl methyl sites for hydroxylation is 2. The molecule has 0 saturated heterocycles. The average Bonchev–Trinajstić information content (AvgIpc) is 2.68. The molecule has 2 atom stereocenters. The van der Waals surface area contributed by atoms with Crippen LogP contribution in [-0.4, -0.2) is 32.7 Å². The number of hydrogen-bond acceptors (Lipinski definition) is 4. The molecular weight excluding hydrogens is 376 g/mol. The maximum atomic E-state index is 12.9. The third kappa shape index (κ3) is 3.99. The summed E-state index contributed by atoms with van der Waals surface area (Å²) in [4.78, 5) is 12.9. The van der Waals surface area contributed by atoms with Crippen LogP contribution in [-0.2, 0) is 14.8 Å². The molecule has 2 aromatic carbocycles. The molecular formula is C21H26N2O4S. The Morgan fingerprint density at radius 2 is 1.96 bits per heavy atom. The van der Waals surface area contributed by atoms with Crippen molar-refractivity contribution < 1.29 is 17.9 Å². The Hall–Kier alpha value is -2.54. The van der Waals surface area contributed by atoms with Crippen molar-refractivity contribution in [3.63, 3.8) is 0 Å². The van der Waals surface area contributed by atoms with Crippen LogP contribution in [0.2, 0.25) is 0 Å². The summed E-state index contributed by atoms with van der Waals surface area (Å²) in [6.45, 7) is 7.47. The molecule has 0 bridgehead atoms. The summed E-state index contributed by atoms with van der Waals surface area (Å²) in [5, 5.41) is 2.97. The number of carbonyl (C=O) groups is 1. The lowest BCUT2D eigenvalue weighted by Gasteiger charge is -2.35. The summed E-state index contributed by atoms with van der Waals surface area (Å²) < 4.78 is 32.2. The first kappa shape index (κ1) is 20.2. The molecule has 0 radical (unpaired) electrons. The minimum absolute atomic E-state index is 0.0431. The number of para-hydroxylation sites is 2. The van der Waals surface area contributed by atoms with Crippen molar-refractivity contribution in [2.75, 3.05) is 16.6 Å². The molecule has 28 heavy (non-hydrogen) atoms. The number of nitrogens with one attached hydrogen (secondary N) is 1. The number of sulfonamides is 1. The zero-order chi connectivity index (χ0) is 20.5. The van der Waals surface area contributed by atoms with Crippen molar-refractivity contribution in [3.05, 3.63) is 59.2 Å². The second kappa shape index (κ2) is 7.83. The van der Waals surface area contributed by atoms with Crippen LogP contribution in [0.3, 0.4) is 0 Å². The van der Waals surface area contributed by atoms with E-state index in [0.29, 0.717) is 11.4 Å². The number of anilines is 1. The SMILES string of the molecule is CCS(=O)(=O)N1C[C@@H](C(=O)N[C@H](C)c2cc(C)ccc2C)Oc2ccccc21. The maximum Gasteiger partial charge on any atom is 0.263 e. The van der Waals surface area contributed by atoms with E-state index in [1.807, 2.05) is 39.0 Å². The molecule has 1 amide bonds. The fourth-order valence-electron chi connectivity index (χ4n) is 3.37. The number of amides is 1. The van der Waals surface area contributed by atoms with Crippen LogP contribution in [0.5, 0.6) is 5.75 Å². The van der Waals surface area contributed by atoms with E-state index in [-0.39, 0.29) is 24.2 Å². The van der Waals surface area contributed by atoms with Gasteiger partial charge in [-0.15, -0.1) is 0 Å². The van der Waals surface area contributed by atoms with Crippen molar-refractivity contribution in [1.29, 1.82) is 0 Å². The molecule has 0 fully saturated rings. The van der Waals surface area contributed by atoms with Gasteiger partial charge < -0.3 is 10.1 Å². The monoisotopic (exact) mass is 402 g/mol. The van der Waals surface area contributed by atoms with Crippen LogP contribution in [0.25, 0.3) is 0 Å². The van der Waals surface area contributed by atoms with E-state index < -0.39 is 16.1 Å². The fourth-order valence-corrected chi connectivity index (χ4v) is 4.49. The van der Waals surface area contributed by atoms with Gasteiger partial charge in [0.15, 0.2) is 6.10 Å². The second-order valence-electron chi connectivity index (χ2n) is 7.10. The predicted octanol–water partition coefficient (Wildman–Crippen LogP) is 3.10. The first-order chi connectivity index (χ1) is 13.2. The molecule has 6 nitrogen and oxygen atoms in total. The summed E-state index contributed by atoms with van der Waals surface area (Å²) in [6, 6.07) is 12.8. The van der Waals surface area contributed by atoms with Gasteiger partial charge in [0.05, 0.1) is 24.0 Å². The Bertz CT molecular complexity index is 988. The lowest BCUT2D eigenvalue weighted by Crippen LogP contribution is -2.51. The molecule has 0 unspecified atom stereocenters. The minimum Gasteiger partial charge on any atom is -0.476 e. The zero-order valence-corrected chi connectivity index (χ0v) is 17.4. The first-order valence-corrected chi connectivity index (χ1v) is 11.0. The lowest BCUT2D eigenvalue weighted by atomic mass is 10.00. The van der Waals surface area contributed by atoms with Gasteiger partial charge in [0, 0.05) is 0 Å². The predicted molar refractivity (Wildman–Crippen MR) is 110 cm³/mol. The molecule has 2 aromatic rings. The molecule has 3 rings (SSSR count). The van der Waals surface area contributed by atoms with Crippen molar-refractivity contribution in [3.8, 4) is 5.75 Å². The summed E-state index contributed by atoms with van der Waals surface area (Å²) >= 11 is 0. The number of nitrogens with zero attached hydrogens (tertiary/aromatic N) is 1. The van der Waals surface area contributed by atoms with Crippen LogP contribution in [0.1, 0.15) is 36.6 Å². The van der Waals surface area contributed by atoms with Crippen molar-refractivity contribution in [2.45, 2.75) is 39.8 Å². The number of rotatable bonds is 5. The topological polar surface area (TPSA) is 75.7 Å².